The number of benzene rings is 1. The van der Waals surface area contributed by atoms with Gasteiger partial charge in [-0.25, -0.2) is 0 Å². The van der Waals surface area contributed by atoms with E-state index in [1.54, 1.807) is 0 Å². The van der Waals surface area contributed by atoms with Crippen LogP contribution in [-0.4, -0.2) is 11.8 Å². The summed E-state index contributed by atoms with van der Waals surface area (Å²) in [4.78, 5) is 1.41. The molecule has 102 valence electrons. The van der Waals surface area contributed by atoms with Crippen molar-refractivity contribution in [3.63, 3.8) is 0 Å². The Morgan fingerprint density at radius 1 is 1.21 bits per heavy atom. The fourth-order valence-electron chi connectivity index (χ4n) is 1.87. The van der Waals surface area contributed by atoms with Gasteiger partial charge in [-0.2, -0.15) is 11.8 Å². The molecule has 0 spiro atoms. The van der Waals surface area contributed by atoms with E-state index in [1.165, 1.54) is 16.0 Å². The second kappa shape index (κ2) is 7.73. The van der Waals surface area contributed by atoms with E-state index < -0.39 is 0 Å². The minimum absolute atomic E-state index is 0.638. The molecule has 3 heteroatoms. The smallest absolute Gasteiger partial charge is 0.0300 e. The van der Waals surface area contributed by atoms with Crippen molar-refractivity contribution in [1.29, 1.82) is 0 Å². The van der Waals surface area contributed by atoms with Gasteiger partial charge >= 0.3 is 0 Å². The average Bonchev–Trinajstić information content (AvgIpc) is 2.91. The minimum Gasteiger partial charge on any atom is -0.311 e. The summed E-state index contributed by atoms with van der Waals surface area (Å²) in [6.07, 6.45) is 0. The topological polar surface area (TPSA) is 12.0 Å². The van der Waals surface area contributed by atoms with Gasteiger partial charge in [0.15, 0.2) is 0 Å². The first-order chi connectivity index (χ1) is 9.25. The van der Waals surface area contributed by atoms with Crippen LogP contribution in [0.4, 0.5) is 0 Å². The highest BCUT2D eigenvalue weighted by Gasteiger charge is 2.04. The second-order valence-corrected chi connectivity index (χ2v) is 7.22. The summed E-state index contributed by atoms with van der Waals surface area (Å²) >= 11 is 3.84. The Morgan fingerprint density at radius 2 is 2.05 bits per heavy atom. The van der Waals surface area contributed by atoms with E-state index in [4.69, 9.17) is 0 Å². The zero-order valence-corrected chi connectivity index (χ0v) is 13.2. The van der Waals surface area contributed by atoms with Crippen LogP contribution in [0.25, 0.3) is 0 Å². The van der Waals surface area contributed by atoms with Gasteiger partial charge in [0.1, 0.15) is 0 Å². The van der Waals surface area contributed by atoms with Gasteiger partial charge in [0.05, 0.1) is 0 Å². The molecule has 2 aromatic rings. The van der Waals surface area contributed by atoms with Crippen molar-refractivity contribution in [3.05, 3.63) is 57.8 Å². The van der Waals surface area contributed by atoms with Crippen molar-refractivity contribution in [2.75, 3.05) is 6.54 Å². The van der Waals surface area contributed by atoms with Gasteiger partial charge < -0.3 is 5.32 Å². The maximum atomic E-state index is 3.53. The van der Waals surface area contributed by atoms with E-state index in [9.17, 15) is 0 Å². The number of hydrogen-bond donors (Lipinski definition) is 1. The number of nitrogens with one attached hydrogen (secondary N) is 1. The van der Waals surface area contributed by atoms with Gasteiger partial charge in [-0.05, 0) is 29.5 Å². The molecule has 0 fully saturated rings. The van der Waals surface area contributed by atoms with Crippen molar-refractivity contribution in [2.24, 2.45) is 0 Å². The predicted octanol–water partition coefficient (Wildman–Crippen LogP) is 4.47. The monoisotopic (exact) mass is 291 g/mol. The van der Waals surface area contributed by atoms with Crippen LogP contribution in [0, 0.1) is 6.92 Å². The summed E-state index contributed by atoms with van der Waals surface area (Å²) in [6, 6.07) is 12.9. The van der Waals surface area contributed by atoms with Crippen LogP contribution in [0.3, 0.4) is 0 Å². The quantitative estimate of drug-likeness (QED) is 0.808. The van der Waals surface area contributed by atoms with Gasteiger partial charge in [0, 0.05) is 29.0 Å². The maximum absolute atomic E-state index is 3.53. The molecule has 1 heterocycles. The van der Waals surface area contributed by atoms with Gasteiger partial charge in [-0.3, -0.25) is 0 Å². The van der Waals surface area contributed by atoms with Gasteiger partial charge in [-0.1, -0.05) is 37.3 Å². The van der Waals surface area contributed by atoms with Crippen LogP contribution in [0.15, 0.2) is 41.8 Å². The minimum atomic E-state index is 0.638. The number of aryl methyl sites for hydroxylation is 1. The van der Waals surface area contributed by atoms with Gasteiger partial charge in [0.25, 0.3) is 0 Å². The molecule has 1 unspecified atom stereocenters. The van der Waals surface area contributed by atoms with Crippen LogP contribution >= 0.6 is 23.1 Å². The molecule has 1 nitrogen and oxygen atoms in total. The van der Waals surface area contributed by atoms with Crippen LogP contribution in [0.2, 0.25) is 0 Å². The molecule has 0 aliphatic carbocycles. The molecule has 0 aliphatic heterocycles. The Labute approximate surface area is 124 Å². The van der Waals surface area contributed by atoms with Gasteiger partial charge in [0.2, 0.25) is 0 Å². The lowest BCUT2D eigenvalue weighted by Gasteiger charge is -2.13. The largest absolute Gasteiger partial charge is 0.311 e. The van der Waals surface area contributed by atoms with Crippen molar-refractivity contribution in [1.82, 2.24) is 5.32 Å². The zero-order chi connectivity index (χ0) is 13.5. The van der Waals surface area contributed by atoms with E-state index in [-0.39, 0.29) is 0 Å². The Morgan fingerprint density at radius 3 is 2.79 bits per heavy atom. The van der Waals surface area contributed by atoms with E-state index >= 15 is 0 Å². The maximum Gasteiger partial charge on any atom is 0.0300 e. The normalized spacial score (nSPS) is 12.5. The highest BCUT2D eigenvalue weighted by Crippen LogP contribution is 2.19. The second-order valence-electron chi connectivity index (χ2n) is 4.76. The number of thioether (sulfide) groups is 1. The zero-order valence-electron chi connectivity index (χ0n) is 11.6. The number of hydrogen-bond acceptors (Lipinski definition) is 3. The molecule has 1 aromatic carbocycles. The summed E-state index contributed by atoms with van der Waals surface area (Å²) < 4.78 is 0. The molecule has 0 amide bonds. The van der Waals surface area contributed by atoms with Crippen LogP contribution < -0.4 is 5.32 Å². The summed E-state index contributed by atoms with van der Waals surface area (Å²) in [7, 11) is 0. The molecular formula is C16H21NS2. The molecule has 0 radical (unpaired) electrons. The molecule has 0 bridgehead atoms. The Kier molecular flexibility index (Phi) is 5.95. The summed E-state index contributed by atoms with van der Waals surface area (Å²) in [5.74, 6) is 1.11. The lowest BCUT2D eigenvalue weighted by molar-refractivity contribution is 0.690. The molecule has 19 heavy (non-hydrogen) atoms. The van der Waals surface area contributed by atoms with Crippen molar-refractivity contribution < 1.29 is 0 Å². The fraction of sp³-hybridized carbons (Fsp3) is 0.375. The van der Waals surface area contributed by atoms with Gasteiger partial charge in [-0.15, -0.1) is 11.3 Å². The molecule has 2 rings (SSSR count). The van der Waals surface area contributed by atoms with Crippen LogP contribution in [-0.2, 0) is 12.3 Å². The van der Waals surface area contributed by atoms with Crippen LogP contribution in [0.1, 0.15) is 22.9 Å². The predicted molar refractivity (Wildman–Crippen MR) is 88.0 cm³/mol. The molecular weight excluding hydrogens is 270 g/mol. The molecule has 0 saturated heterocycles. The third-order valence-electron chi connectivity index (χ3n) is 3.10. The average molecular weight is 291 g/mol. The SMILES string of the molecule is Cc1ccccc1CSC(C)CNCc1cccs1. The highest BCUT2D eigenvalue weighted by molar-refractivity contribution is 7.99. The first-order valence-electron chi connectivity index (χ1n) is 6.65. The Balaban J connectivity index is 1.67. The van der Waals surface area contributed by atoms with E-state index in [1.807, 2.05) is 23.1 Å². The third-order valence-corrected chi connectivity index (χ3v) is 5.19. The van der Waals surface area contributed by atoms with E-state index in [0.29, 0.717) is 5.25 Å². The molecule has 0 aliphatic rings. The summed E-state index contributed by atoms with van der Waals surface area (Å²) in [5, 5.41) is 6.30. The van der Waals surface area contributed by atoms with Crippen molar-refractivity contribution in [3.8, 4) is 0 Å². The van der Waals surface area contributed by atoms with E-state index in [0.717, 1.165) is 18.8 Å². The van der Waals surface area contributed by atoms with Crippen molar-refractivity contribution in [2.45, 2.75) is 31.4 Å². The molecule has 1 aromatic heterocycles. The first kappa shape index (κ1) is 14.6. The summed E-state index contributed by atoms with van der Waals surface area (Å²) in [6.45, 7) is 6.54. The number of thiophene rings is 1. The first-order valence-corrected chi connectivity index (χ1v) is 8.58. The third kappa shape index (κ3) is 5.01. The highest BCUT2D eigenvalue weighted by atomic mass is 32.2. The van der Waals surface area contributed by atoms with Crippen molar-refractivity contribution >= 4 is 23.1 Å². The molecule has 1 N–H and O–H groups in total. The number of rotatable bonds is 7. The lowest BCUT2D eigenvalue weighted by atomic mass is 10.1. The van der Waals surface area contributed by atoms with E-state index in [2.05, 4.69) is 60.9 Å². The lowest BCUT2D eigenvalue weighted by Crippen LogP contribution is -2.22. The molecule has 0 saturated carbocycles. The Hall–Kier alpha value is -0.770. The Bertz CT molecular complexity index is 479. The standard InChI is InChI=1S/C16H21NS2/c1-13-6-3-4-7-15(13)12-19-14(2)10-17-11-16-8-5-9-18-16/h3-9,14,17H,10-12H2,1-2H3. The molecule has 1 atom stereocenters. The summed E-state index contributed by atoms with van der Waals surface area (Å²) in [5.41, 5.74) is 2.85. The van der Waals surface area contributed by atoms with Crippen LogP contribution in [0.5, 0.6) is 0 Å². The fourth-order valence-corrected chi connectivity index (χ4v) is 3.57.